The van der Waals surface area contributed by atoms with E-state index in [1.54, 1.807) is 11.4 Å². The summed E-state index contributed by atoms with van der Waals surface area (Å²) in [5.41, 5.74) is 0.875. The summed E-state index contributed by atoms with van der Waals surface area (Å²) in [5.74, 6) is -1.07. The van der Waals surface area contributed by atoms with Crippen molar-refractivity contribution in [1.82, 2.24) is 4.31 Å². The van der Waals surface area contributed by atoms with Crippen molar-refractivity contribution in [3.05, 3.63) is 17.0 Å². The highest BCUT2D eigenvalue weighted by atomic mass is 32.2. The summed E-state index contributed by atoms with van der Waals surface area (Å²) in [6.45, 7) is 2.10. The van der Waals surface area contributed by atoms with Crippen molar-refractivity contribution in [3.63, 3.8) is 0 Å². The SMILES string of the molecule is Cc1csc(S(=O)(=O)N2CCC[C@@H]2C(=O)O)c1. The average molecular weight is 275 g/mol. The van der Waals surface area contributed by atoms with Crippen LogP contribution in [0.5, 0.6) is 0 Å². The van der Waals surface area contributed by atoms with Crippen LogP contribution in [-0.2, 0) is 14.8 Å². The summed E-state index contributed by atoms with van der Waals surface area (Å²) in [4.78, 5) is 11.0. The maximum atomic E-state index is 12.2. The van der Waals surface area contributed by atoms with Crippen LogP contribution in [0.25, 0.3) is 0 Å². The Bertz CT molecular complexity index is 534. The van der Waals surface area contributed by atoms with Gasteiger partial charge in [-0.2, -0.15) is 4.31 Å². The van der Waals surface area contributed by atoms with Crippen molar-refractivity contribution in [3.8, 4) is 0 Å². The molecule has 1 aliphatic heterocycles. The van der Waals surface area contributed by atoms with Gasteiger partial charge in [-0.25, -0.2) is 8.42 Å². The van der Waals surface area contributed by atoms with Crippen LogP contribution in [0.15, 0.2) is 15.7 Å². The van der Waals surface area contributed by atoms with E-state index in [9.17, 15) is 13.2 Å². The molecule has 5 nitrogen and oxygen atoms in total. The molecule has 2 heterocycles. The highest BCUT2D eigenvalue weighted by molar-refractivity contribution is 7.91. The van der Waals surface area contributed by atoms with Gasteiger partial charge in [0.2, 0.25) is 0 Å². The molecule has 0 amide bonds. The fourth-order valence-corrected chi connectivity index (χ4v) is 4.94. The van der Waals surface area contributed by atoms with Gasteiger partial charge in [0.25, 0.3) is 10.0 Å². The zero-order chi connectivity index (χ0) is 12.6. The van der Waals surface area contributed by atoms with Crippen LogP contribution in [0.2, 0.25) is 0 Å². The van der Waals surface area contributed by atoms with Gasteiger partial charge in [-0.1, -0.05) is 0 Å². The van der Waals surface area contributed by atoms with Crippen LogP contribution in [0.1, 0.15) is 18.4 Å². The van der Waals surface area contributed by atoms with Crippen LogP contribution in [0, 0.1) is 6.92 Å². The van der Waals surface area contributed by atoms with Gasteiger partial charge in [0.15, 0.2) is 0 Å². The second kappa shape index (κ2) is 4.40. The van der Waals surface area contributed by atoms with Crippen LogP contribution >= 0.6 is 11.3 Å². The second-order valence-electron chi connectivity index (χ2n) is 4.06. The number of carboxylic acids is 1. The Kier molecular flexibility index (Phi) is 3.24. The second-order valence-corrected chi connectivity index (χ2v) is 7.08. The molecule has 0 aliphatic carbocycles. The van der Waals surface area contributed by atoms with Crippen molar-refractivity contribution >= 4 is 27.3 Å². The molecular weight excluding hydrogens is 262 g/mol. The molecule has 1 atom stereocenters. The average Bonchev–Trinajstić information content (AvgIpc) is 2.84. The van der Waals surface area contributed by atoms with Crippen molar-refractivity contribution < 1.29 is 18.3 Å². The predicted molar refractivity (Wildman–Crippen MR) is 63.6 cm³/mol. The third kappa shape index (κ3) is 2.22. The summed E-state index contributed by atoms with van der Waals surface area (Å²) in [7, 11) is -3.64. The molecule has 94 valence electrons. The van der Waals surface area contributed by atoms with E-state index in [1.165, 1.54) is 0 Å². The molecule has 0 aromatic carbocycles. The molecule has 1 saturated heterocycles. The summed E-state index contributed by atoms with van der Waals surface area (Å²) in [6.07, 6.45) is 0.986. The highest BCUT2D eigenvalue weighted by Gasteiger charge is 2.39. The Morgan fingerprint density at radius 2 is 2.29 bits per heavy atom. The van der Waals surface area contributed by atoms with Crippen molar-refractivity contribution in [2.24, 2.45) is 0 Å². The number of carboxylic acid groups (broad SMARTS) is 1. The monoisotopic (exact) mass is 275 g/mol. The molecule has 0 spiro atoms. The normalized spacial score (nSPS) is 21.8. The van der Waals surface area contributed by atoms with E-state index < -0.39 is 22.0 Å². The van der Waals surface area contributed by atoms with Gasteiger partial charge in [0.05, 0.1) is 0 Å². The van der Waals surface area contributed by atoms with Crippen molar-refractivity contribution in [2.75, 3.05) is 6.54 Å². The first-order valence-corrected chi connectivity index (χ1v) is 7.54. The standard InChI is InChI=1S/C10H13NO4S2/c1-7-5-9(16-6-7)17(14,15)11-4-2-3-8(11)10(12)13/h5-6,8H,2-4H2,1H3,(H,12,13)/t8-/m1/s1. The quantitative estimate of drug-likeness (QED) is 0.902. The molecule has 1 fully saturated rings. The third-order valence-corrected chi connectivity index (χ3v) is 6.20. The Hall–Kier alpha value is -0.920. The summed E-state index contributed by atoms with van der Waals surface area (Å²) in [5, 5.41) is 10.7. The Morgan fingerprint density at radius 3 is 2.82 bits per heavy atom. The molecule has 1 aromatic rings. The number of carbonyl (C=O) groups is 1. The van der Waals surface area contributed by atoms with Crippen molar-refractivity contribution in [2.45, 2.75) is 30.0 Å². The molecule has 1 aromatic heterocycles. The lowest BCUT2D eigenvalue weighted by Gasteiger charge is -2.19. The lowest BCUT2D eigenvalue weighted by Crippen LogP contribution is -2.40. The molecule has 1 N–H and O–H groups in total. The smallest absolute Gasteiger partial charge is 0.322 e. The van der Waals surface area contributed by atoms with Gasteiger partial charge in [-0.05, 0) is 36.8 Å². The topological polar surface area (TPSA) is 74.7 Å². The Labute approximate surface area is 104 Å². The van der Waals surface area contributed by atoms with Gasteiger partial charge in [-0.15, -0.1) is 11.3 Å². The highest BCUT2D eigenvalue weighted by Crippen LogP contribution is 2.29. The van der Waals surface area contributed by atoms with E-state index in [2.05, 4.69) is 0 Å². The Morgan fingerprint density at radius 1 is 1.59 bits per heavy atom. The lowest BCUT2D eigenvalue weighted by molar-refractivity contribution is -0.140. The summed E-state index contributed by atoms with van der Waals surface area (Å²) >= 11 is 1.13. The predicted octanol–water partition coefficient (Wildman–Crippen LogP) is 1.29. The van der Waals surface area contributed by atoms with Crippen LogP contribution in [-0.4, -0.2) is 36.4 Å². The first kappa shape index (κ1) is 12.5. The van der Waals surface area contributed by atoms with E-state index >= 15 is 0 Å². The maximum Gasteiger partial charge on any atom is 0.322 e. The first-order chi connectivity index (χ1) is 7.93. The number of aliphatic carboxylic acids is 1. The molecule has 2 rings (SSSR count). The Balaban J connectivity index is 2.36. The maximum absolute atomic E-state index is 12.2. The molecule has 0 bridgehead atoms. The van der Waals surface area contributed by atoms with Gasteiger partial charge in [0, 0.05) is 6.54 Å². The molecular formula is C10H13NO4S2. The van der Waals surface area contributed by atoms with Crippen LogP contribution in [0.4, 0.5) is 0 Å². The number of thiophene rings is 1. The van der Waals surface area contributed by atoms with Crippen LogP contribution in [0.3, 0.4) is 0 Å². The molecule has 1 aliphatic rings. The van der Waals surface area contributed by atoms with E-state index in [0.29, 0.717) is 12.8 Å². The molecule has 0 saturated carbocycles. The lowest BCUT2D eigenvalue weighted by atomic mass is 10.2. The van der Waals surface area contributed by atoms with E-state index in [1.807, 2.05) is 6.92 Å². The van der Waals surface area contributed by atoms with E-state index in [-0.39, 0.29) is 10.8 Å². The van der Waals surface area contributed by atoms with Crippen LogP contribution < -0.4 is 0 Å². The minimum absolute atomic E-state index is 0.225. The number of sulfonamides is 1. The largest absolute Gasteiger partial charge is 0.480 e. The number of rotatable bonds is 3. The van der Waals surface area contributed by atoms with Gasteiger partial charge in [0.1, 0.15) is 10.3 Å². The number of hydrogen-bond donors (Lipinski definition) is 1. The number of nitrogens with zero attached hydrogens (tertiary/aromatic N) is 1. The van der Waals surface area contributed by atoms with Gasteiger partial charge >= 0.3 is 5.97 Å². The minimum atomic E-state index is -3.64. The van der Waals surface area contributed by atoms with E-state index in [4.69, 9.17) is 5.11 Å². The number of hydrogen-bond acceptors (Lipinski definition) is 4. The number of aryl methyl sites for hydroxylation is 1. The molecule has 0 radical (unpaired) electrons. The summed E-state index contributed by atoms with van der Waals surface area (Å²) in [6, 6.07) is 0.666. The molecule has 0 unspecified atom stereocenters. The van der Waals surface area contributed by atoms with E-state index in [0.717, 1.165) is 21.2 Å². The summed E-state index contributed by atoms with van der Waals surface area (Å²) < 4.78 is 25.8. The first-order valence-electron chi connectivity index (χ1n) is 5.22. The molecule has 7 heteroatoms. The third-order valence-electron chi connectivity index (χ3n) is 2.76. The zero-order valence-electron chi connectivity index (χ0n) is 9.29. The fraction of sp³-hybridized carbons (Fsp3) is 0.500. The minimum Gasteiger partial charge on any atom is -0.480 e. The van der Waals surface area contributed by atoms with Crippen molar-refractivity contribution in [1.29, 1.82) is 0 Å². The fourth-order valence-electron chi connectivity index (χ4n) is 1.93. The van der Waals surface area contributed by atoms with Gasteiger partial charge < -0.3 is 5.11 Å². The molecule has 17 heavy (non-hydrogen) atoms. The van der Waals surface area contributed by atoms with Gasteiger partial charge in [-0.3, -0.25) is 4.79 Å². The zero-order valence-corrected chi connectivity index (χ0v) is 10.9.